The second-order valence-electron chi connectivity index (χ2n) is 8.07. The number of phenolic OH excluding ortho intramolecular Hbond substituents is 1. The molecule has 0 fully saturated rings. The molecule has 0 radical (unpaired) electrons. The molecule has 2 aromatic carbocycles. The number of hydrogen-bond donors (Lipinski definition) is 4. The van der Waals surface area contributed by atoms with Crippen LogP contribution in [0.2, 0.25) is 5.02 Å². The Morgan fingerprint density at radius 3 is 2.59 bits per heavy atom. The monoisotopic (exact) mass is 560 g/mol. The molecule has 1 aliphatic heterocycles. The molecule has 0 spiro atoms. The van der Waals surface area contributed by atoms with Crippen molar-refractivity contribution in [3.8, 4) is 23.0 Å². The van der Waals surface area contributed by atoms with Crippen molar-refractivity contribution in [1.82, 2.24) is 16.1 Å². The number of nitrogens with zero attached hydrogens (tertiary/aromatic N) is 1. The number of hydrogen-bond acceptors (Lipinski definition) is 9. The lowest BCUT2D eigenvalue weighted by atomic mass is 9.95. The first-order valence-electron chi connectivity index (χ1n) is 11.9. The van der Waals surface area contributed by atoms with Gasteiger partial charge in [0.15, 0.2) is 29.6 Å². The van der Waals surface area contributed by atoms with Crippen molar-refractivity contribution < 1.29 is 38.4 Å². The van der Waals surface area contributed by atoms with Crippen LogP contribution in [-0.4, -0.2) is 56.2 Å². The van der Waals surface area contributed by atoms with E-state index in [4.69, 9.17) is 30.5 Å². The van der Waals surface area contributed by atoms with E-state index in [-0.39, 0.29) is 46.8 Å². The highest BCUT2D eigenvalue weighted by atomic mass is 35.5. The molecule has 3 rings (SSSR count). The van der Waals surface area contributed by atoms with Gasteiger partial charge < -0.3 is 34.7 Å². The standard InChI is InChI=1S/C26H29ClN4O8/c1-5-37-20-10-15(9-17(27)24(20)33)12-28-31-21(32)13-39-18-8-7-16(11-19(18)36-4)23-22(25(34)38-6-2)14(3)29-26(35)30-23/h7-12,23,33H,5-6,13H2,1-4H3,(H,31,32)(H2,29,30,35)/b28-12-/t23-/m1/s1. The fourth-order valence-corrected chi connectivity index (χ4v) is 3.91. The third-order valence-corrected chi connectivity index (χ3v) is 5.69. The number of allylic oxidation sites excluding steroid dienone is 1. The molecule has 12 nitrogen and oxygen atoms in total. The first-order valence-corrected chi connectivity index (χ1v) is 12.3. The Kier molecular flexibility index (Phi) is 9.98. The molecule has 0 saturated carbocycles. The van der Waals surface area contributed by atoms with E-state index in [0.29, 0.717) is 23.4 Å². The minimum Gasteiger partial charge on any atom is -0.503 e. The number of esters is 1. The molecule has 1 atom stereocenters. The summed E-state index contributed by atoms with van der Waals surface area (Å²) >= 11 is 5.99. The lowest BCUT2D eigenvalue weighted by Gasteiger charge is -2.28. The summed E-state index contributed by atoms with van der Waals surface area (Å²) in [5.74, 6) is -0.571. The molecule has 1 heterocycles. The Bertz CT molecular complexity index is 1310. The topological polar surface area (TPSA) is 157 Å². The SMILES string of the molecule is CCOC(=O)C1=C(C)NC(=O)N[C@@H]1c1ccc(OCC(=O)N/N=C\c2cc(Cl)c(O)c(OCC)c2)c(OC)c1. The second-order valence-corrected chi connectivity index (χ2v) is 8.47. The van der Waals surface area contributed by atoms with Crippen LogP contribution in [0.4, 0.5) is 4.79 Å². The van der Waals surface area contributed by atoms with Crippen molar-refractivity contribution in [2.24, 2.45) is 5.10 Å². The lowest BCUT2D eigenvalue weighted by Crippen LogP contribution is -2.45. The van der Waals surface area contributed by atoms with Crippen molar-refractivity contribution >= 4 is 35.7 Å². The Morgan fingerprint density at radius 2 is 1.90 bits per heavy atom. The van der Waals surface area contributed by atoms with Crippen molar-refractivity contribution in [2.45, 2.75) is 26.8 Å². The highest BCUT2D eigenvalue weighted by Crippen LogP contribution is 2.35. The number of carbonyl (C=O) groups is 3. The summed E-state index contributed by atoms with van der Waals surface area (Å²) in [6.07, 6.45) is 1.34. The number of phenols is 1. The maximum absolute atomic E-state index is 12.5. The minimum absolute atomic E-state index is 0.0803. The number of benzene rings is 2. The van der Waals surface area contributed by atoms with Gasteiger partial charge in [0.1, 0.15) is 0 Å². The summed E-state index contributed by atoms with van der Waals surface area (Å²) in [5.41, 5.74) is 4.01. The predicted molar refractivity (Wildman–Crippen MR) is 142 cm³/mol. The Morgan fingerprint density at radius 1 is 1.13 bits per heavy atom. The zero-order valence-electron chi connectivity index (χ0n) is 21.8. The van der Waals surface area contributed by atoms with Gasteiger partial charge in [0.05, 0.1) is 43.2 Å². The molecule has 0 aliphatic carbocycles. The number of urea groups is 1. The van der Waals surface area contributed by atoms with E-state index in [0.717, 1.165) is 0 Å². The zero-order chi connectivity index (χ0) is 28.5. The average molecular weight is 561 g/mol. The third kappa shape index (κ3) is 7.32. The summed E-state index contributed by atoms with van der Waals surface area (Å²) < 4.78 is 21.5. The van der Waals surface area contributed by atoms with Crippen LogP contribution in [0.15, 0.2) is 46.7 Å². The van der Waals surface area contributed by atoms with E-state index in [1.807, 2.05) is 0 Å². The molecule has 2 aromatic rings. The van der Waals surface area contributed by atoms with Crippen molar-refractivity contribution in [3.63, 3.8) is 0 Å². The van der Waals surface area contributed by atoms with Gasteiger partial charge in [0.25, 0.3) is 5.91 Å². The van der Waals surface area contributed by atoms with Crippen LogP contribution in [0.25, 0.3) is 0 Å². The van der Waals surface area contributed by atoms with E-state index in [1.54, 1.807) is 39.0 Å². The van der Waals surface area contributed by atoms with Gasteiger partial charge in [-0.05, 0) is 56.2 Å². The number of halogens is 1. The van der Waals surface area contributed by atoms with E-state index in [2.05, 4.69) is 21.2 Å². The molecule has 0 bridgehead atoms. The number of hydrazone groups is 1. The molecule has 0 aromatic heterocycles. The van der Waals surface area contributed by atoms with Crippen LogP contribution >= 0.6 is 11.6 Å². The van der Waals surface area contributed by atoms with Crippen molar-refractivity contribution in [2.75, 3.05) is 26.9 Å². The highest BCUT2D eigenvalue weighted by Gasteiger charge is 2.32. The fraction of sp³-hybridized carbons (Fsp3) is 0.308. The fourth-order valence-electron chi connectivity index (χ4n) is 3.69. The predicted octanol–water partition coefficient (Wildman–Crippen LogP) is 3.17. The van der Waals surface area contributed by atoms with Crippen LogP contribution in [0.5, 0.6) is 23.0 Å². The molecular formula is C26H29ClN4O8. The summed E-state index contributed by atoms with van der Waals surface area (Å²) in [5, 5.41) is 19.2. The van der Waals surface area contributed by atoms with E-state index in [9.17, 15) is 19.5 Å². The number of ether oxygens (including phenoxy) is 4. The van der Waals surface area contributed by atoms with Crippen LogP contribution in [0.1, 0.15) is 37.9 Å². The van der Waals surface area contributed by atoms with Crippen molar-refractivity contribution in [3.05, 3.63) is 57.8 Å². The number of rotatable bonds is 11. The maximum atomic E-state index is 12.5. The van der Waals surface area contributed by atoms with Gasteiger partial charge in [-0.3, -0.25) is 4.79 Å². The van der Waals surface area contributed by atoms with Gasteiger partial charge in [0.2, 0.25) is 0 Å². The van der Waals surface area contributed by atoms with E-state index >= 15 is 0 Å². The number of amides is 3. The largest absolute Gasteiger partial charge is 0.503 e. The summed E-state index contributed by atoms with van der Waals surface area (Å²) in [6, 6.07) is 6.54. The van der Waals surface area contributed by atoms with Crippen LogP contribution in [0, 0.1) is 0 Å². The quantitative estimate of drug-likeness (QED) is 0.185. The normalized spacial score (nSPS) is 14.9. The van der Waals surface area contributed by atoms with Crippen LogP contribution < -0.4 is 30.3 Å². The molecule has 13 heteroatoms. The smallest absolute Gasteiger partial charge is 0.338 e. The number of carbonyl (C=O) groups excluding carboxylic acids is 3. The minimum atomic E-state index is -0.782. The van der Waals surface area contributed by atoms with Gasteiger partial charge in [-0.1, -0.05) is 17.7 Å². The van der Waals surface area contributed by atoms with Gasteiger partial charge in [-0.2, -0.15) is 5.10 Å². The maximum Gasteiger partial charge on any atom is 0.338 e. The first kappa shape index (κ1) is 29.1. The first-order chi connectivity index (χ1) is 18.7. The average Bonchev–Trinajstić information content (AvgIpc) is 2.89. The Balaban J connectivity index is 1.68. The Hall–Kier alpha value is -4.45. The van der Waals surface area contributed by atoms with Gasteiger partial charge in [0, 0.05) is 5.70 Å². The lowest BCUT2D eigenvalue weighted by molar-refractivity contribution is -0.139. The van der Waals surface area contributed by atoms with Crippen molar-refractivity contribution in [1.29, 1.82) is 0 Å². The van der Waals surface area contributed by atoms with Crippen LogP contribution in [0.3, 0.4) is 0 Å². The molecule has 4 N–H and O–H groups in total. The second kappa shape index (κ2) is 13.4. The molecule has 208 valence electrons. The molecule has 39 heavy (non-hydrogen) atoms. The summed E-state index contributed by atoms with van der Waals surface area (Å²) in [4.78, 5) is 36.9. The van der Waals surface area contributed by atoms with Gasteiger partial charge >= 0.3 is 12.0 Å². The Labute approximate surface area is 229 Å². The summed E-state index contributed by atoms with van der Waals surface area (Å²) in [6.45, 7) is 5.19. The third-order valence-electron chi connectivity index (χ3n) is 5.40. The van der Waals surface area contributed by atoms with Crippen LogP contribution in [-0.2, 0) is 14.3 Å². The van der Waals surface area contributed by atoms with E-state index < -0.39 is 23.9 Å². The molecular weight excluding hydrogens is 532 g/mol. The summed E-state index contributed by atoms with van der Waals surface area (Å²) in [7, 11) is 1.42. The molecule has 0 saturated heterocycles. The highest BCUT2D eigenvalue weighted by molar-refractivity contribution is 6.32. The van der Waals surface area contributed by atoms with Gasteiger partial charge in [-0.25, -0.2) is 15.0 Å². The zero-order valence-corrected chi connectivity index (χ0v) is 22.5. The molecule has 0 unspecified atom stereocenters. The molecule has 3 amide bonds. The van der Waals surface area contributed by atoms with Gasteiger partial charge in [-0.15, -0.1) is 0 Å². The van der Waals surface area contributed by atoms with E-state index in [1.165, 1.54) is 25.5 Å². The molecule has 1 aliphatic rings. The number of nitrogens with one attached hydrogen (secondary N) is 3. The number of methoxy groups -OCH3 is 1. The number of aromatic hydroxyl groups is 1.